The van der Waals surface area contributed by atoms with E-state index in [4.69, 9.17) is 5.11 Å². The number of aromatic nitrogens is 3. The van der Waals surface area contributed by atoms with E-state index >= 15 is 0 Å². The summed E-state index contributed by atoms with van der Waals surface area (Å²) >= 11 is 0. The van der Waals surface area contributed by atoms with Crippen LogP contribution in [-0.4, -0.2) is 72.8 Å². The predicted octanol–water partition coefficient (Wildman–Crippen LogP) is 2.71. The van der Waals surface area contributed by atoms with E-state index in [1.807, 2.05) is 0 Å². The molecule has 0 aliphatic carbocycles. The van der Waals surface area contributed by atoms with Crippen LogP contribution in [0.1, 0.15) is 21.5 Å². The Morgan fingerprint density at radius 1 is 1.11 bits per heavy atom. The van der Waals surface area contributed by atoms with Gasteiger partial charge in [-0.15, -0.1) is 0 Å². The van der Waals surface area contributed by atoms with E-state index in [9.17, 15) is 26.4 Å². The van der Waals surface area contributed by atoms with Crippen molar-refractivity contribution in [3.8, 4) is 0 Å². The molecular formula is C23H26F3N7O4S. The van der Waals surface area contributed by atoms with Gasteiger partial charge in [0.15, 0.2) is 0 Å². The second kappa shape index (κ2) is 11.6. The summed E-state index contributed by atoms with van der Waals surface area (Å²) in [6.07, 6.45) is -1.77. The second-order valence-corrected chi connectivity index (χ2v) is 10.2. The van der Waals surface area contributed by atoms with Gasteiger partial charge in [0.25, 0.3) is 5.91 Å². The third kappa shape index (κ3) is 7.07. The molecule has 0 aliphatic rings. The van der Waals surface area contributed by atoms with Crippen LogP contribution in [0.4, 0.5) is 36.4 Å². The average Bonchev–Trinajstić information content (AvgIpc) is 2.86. The van der Waals surface area contributed by atoms with Crippen molar-refractivity contribution in [2.45, 2.75) is 12.7 Å². The van der Waals surface area contributed by atoms with Crippen LogP contribution in [0.2, 0.25) is 0 Å². The van der Waals surface area contributed by atoms with E-state index in [-0.39, 0.29) is 37.4 Å². The summed E-state index contributed by atoms with van der Waals surface area (Å²) in [5, 5.41) is 14.4. The molecule has 1 amide bonds. The number of benzene rings is 1. The maximum atomic E-state index is 13.6. The Morgan fingerprint density at radius 3 is 2.39 bits per heavy atom. The van der Waals surface area contributed by atoms with Crippen molar-refractivity contribution in [1.29, 1.82) is 0 Å². The van der Waals surface area contributed by atoms with Gasteiger partial charge in [0.1, 0.15) is 17.2 Å². The molecule has 0 saturated heterocycles. The lowest BCUT2D eigenvalue weighted by atomic mass is 10.2. The summed E-state index contributed by atoms with van der Waals surface area (Å²) in [4.78, 5) is 25.4. The maximum absolute atomic E-state index is 13.6. The molecule has 38 heavy (non-hydrogen) atoms. The van der Waals surface area contributed by atoms with E-state index in [2.05, 4.69) is 25.6 Å². The van der Waals surface area contributed by atoms with Gasteiger partial charge in [0.05, 0.1) is 12.9 Å². The fraction of sp³-hybridized carbons (Fsp3) is 0.304. The molecular weight excluding hydrogens is 527 g/mol. The van der Waals surface area contributed by atoms with Crippen LogP contribution in [0, 0.1) is 0 Å². The lowest BCUT2D eigenvalue weighted by Crippen LogP contribution is -2.29. The molecule has 0 fully saturated rings. The Balaban J connectivity index is 1.84. The second-order valence-electron chi connectivity index (χ2n) is 8.18. The molecule has 0 unspecified atom stereocenters. The first-order valence-corrected chi connectivity index (χ1v) is 13.0. The van der Waals surface area contributed by atoms with Gasteiger partial charge < -0.3 is 20.6 Å². The van der Waals surface area contributed by atoms with Crippen molar-refractivity contribution in [3.05, 3.63) is 65.5 Å². The van der Waals surface area contributed by atoms with E-state index < -0.39 is 27.6 Å². The molecule has 0 atom stereocenters. The van der Waals surface area contributed by atoms with Crippen LogP contribution in [0.25, 0.3) is 0 Å². The lowest BCUT2D eigenvalue weighted by molar-refractivity contribution is -0.137. The highest BCUT2D eigenvalue weighted by molar-refractivity contribution is 7.92. The number of alkyl halides is 3. The summed E-state index contributed by atoms with van der Waals surface area (Å²) in [6.45, 7) is -0.222. The summed E-state index contributed by atoms with van der Waals surface area (Å²) in [6, 6.07) is 9.18. The number of pyridine rings is 1. The molecule has 2 heterocycles. The monoisotopic (exact) mass is 553 g/mol. The molecule has 3 N–H and O–H groups in total. The number of likely N-dealkylation sites (N-methyl/N-ethyl adjacent to an activating group) is 1. The zero-order valence-electron chi connectivity index (χ0n) is 20.7. The van der Waals surface area contributed by atoms with Gasteiger partial charge in [-0.05, 0) is 30.3 Å². The normalized spacial score (nSPS) is 11.7. The summed E-state index contributed by atoms with van der Waals surface area (Å²) < 4.78 is 65.7. The Bertz CT molecular complexity index is 1390. The first kappa shape index (κ1) is 28.6. The Hall–Kier alpha value is -3.98. The number of hydrogen-bond acceptors (Lipinski definition) is 9. The highest BCUT2D eigenvalue weighted by Crippen LogP contribution is 2.34. The summed E-state index contributed by atoms with van der Waals surface area (Å²) in [7, 11) is -0.823. The van der Waals surface area contributed by atoms with Crippen molar-refractivity contribution < 1.29 is 31.5 Å². The molecule has 0 saturated carbocycles. The van der Waals surface area contributed by atoms with Crippen molar-refractivity contribution in [2.75, 3.05) is 48.4 Å². The topological polar surface area (TPSA) is 141 Å². The number of hydrogen-bond donors (Lipinski definition) is 3. The van der Waals surface area contributed by atoms with Crippen molar-refractivity contribution in [3.63, 3.8) is 0 Å². The van der Waals surface area contributed by atoms with Crippen LogP contribution in [0.3, 0.4) is 0 Å². The SMILES string of the molecule is CN(CCO)C(=O)c1ccc(Nc2ncc(C(F)(F)F)c(NCc3cccnc3N(C)S(C)(=O)=O)n2)cc1. The Labute approximate surface area is 217 Å². The van der Waals surface area contributed by atoms with Crippen molar-refractivity contribution in [2.24, 2.45) is 0 Å². The van der Waals surface area contributed by atoms with Crippen LogP contribution in [0.5, 0.6) is 0 Å². The fourth-order valence-corrected chi connectivity index (χ4v) is 3.75. The molecule has 0 bridgehead atoms. The molecule has 0 spiro atoms. The number of aliphatic hydroxyl groups excluding tert-OH is 1. The minimum absolute atomic E-state index is 0.0581. The zero-order valence-corrected chi connectivity index (χ0v) is 21.5. The number of carbonyl (C=O) groups excluding carboxylic acids is 1. The van der Waals surface area contributed by atoms with Gasteiger partial charge in [0, 0.05) is 56.4 Å². The smallest absolute Gasteiger partial charge is 0.395 e. The number of sulfonamides is 1. The Morgan fingerprint density at radius 2 is 1.79 bits per heavy atom. The minimum Gasteiger partial charge on any atom is -0.395 e. The number of rotatable bonds is 10. The quantitative estimate of drug-likeness (QED) is 0.346. The van der Waals surface area contributed by atoms with Gasteiger partial charge >= 0.3 is 6.18 Å². The van der Waals surface area contributed by atoms with Gasteiger partial charge in [-0.2, -0.15) is 18.2 Å². The molecule has 15 heteroatoms. The van der Waals surface area contributed by atoms with Gasteiger partial charge in [-0.1, -0.05) is 6.07 Å². The summed E-state index contributed by atoms with van der Waals surface area (Å²) in [5.41, 5.74) is -0.0131. The molecule has 2 aromatic heterocycles. The van der Waals surface area contributed by atoms with Crippen LogP contribution in [-0.2, 0) is 22.7 Å². The standard InChI is InChI=1S/C23H26F3N7O4S/c1-32(11-12-34)21(35)15-6-8-17(9-7-15)30-22-29-14-18(23(24,25)26)19(31-22)28-13-16-5-4-10-27-20(16)33(2)38(3,36)37/h4-10,14,34H,11-13H2,1-3H3,(H2,28,29,30,31). The predicted molar refractivity (Wildman–Crippen MR) is 136 cm³/mol. The van der Waals surface area contributed by atoms with E-state index in [1.165, 1.54) is 54.5 Å². The maximum Gasteiger partial charge on any atom is 0.421 e. The zero-order chi connectivity index (χ0) is 28.1. The molecule has 3 aromatic rings. The molecule has 3 rings (SSSR count). The van der Waals surface area contributed by atoms with Crippen molar-refractivity contribution in [1.82, 2.24) is 19.9 Å². The summed E-state index contributed by atoms with van der Waals surface area (Å²) in [5.74, 6) is -0.914. The van der Waals surface area contributed by atoms with Gasteiger partial charge in [-0.3, -0.25) is 9.10 Å². The number of carbonyl (C=O) groups is 1. The first-order valence-electron chi connectivity index (χ1n) is 11.1. The van der Waals surface area contributed by atoms with Crippen LogP contribution < -0.4 is 14.9 Å². The third-order valence-electron chi connectivity index (χ3n) is 5.37. The van der Waals surface area contributed by atoms with E-state index in [0.717, 1.165) is 10.6 Å². The third-order valence-corrected chi connectivity index (χ3v) is 6.54. The molecule has 0 aliphatic heterocycles. The minimum atomic E-state index is -4.76. The fourth-order valence-electron chi connectivity index (χ4n) is 3.27. The van der Waals surface area contributed by atoms with Crippen LogP contribution >= 0.6 is 0 Å². The highest BCUT2D eigenvalue weighted by Gasteiger charge is 2.35. The van der Waals surface area contributed by atoms with E-state index in [0.29, 0.717) is 23.0 Å². The number of aliphatic hydroxyl groups is 1. The number of nitrogens with one attached hydrogen (secondary N) is 2. The van der Waals surface area contributed by atoms with Crippen LogP contribution in [0.15, 0.2) is 48.8 Å². The van der Waals surface area contributed by atoms with Crippen molar-refractivity contribution >= 4 is 39.2 Å². The first-order chi connectivity index (χ1) is 17.8. The largest absolute Gasteiger partial charge is 0.421 e. The molecule has 11 nitrogen and oxygen atoms in total. The van der Waals surface area contributed by atoms with Gasteiger partial charge in [0.2, 0.25) is 16.0 Å². The molecule has 204 valence electrons. The number of amides is 1. The highest BCUT2D eigenvalue weighted by atomic mass is 32.2. The molecule has 0 radical (unpaired) electrons. The average molecular weight is 554 g/mol. The number of nitrogens with zero attached hydrogens (tertiary/aromatic N) is 5. The van der Waals surface area contributed by atoms with Gasteiger partial charge in [-0.25, -0.2) is 18.4 Å². The Kier molecular flexibility index (Phi) is 8.73. The lowest BCUT2D eigenvalue weighted by Gasteiger charge is -2.20. The van der Waals surface area contributed by atoms with E-state index in [1.54, 1.807) is 7.05 Å². The number of anilines is 4. The molecule has 1 aromatic carbocycles. The number of halogens is 3.